The van der Waals surface area contributed by atoms with Gasteiger partial charge in [0.05, 0.1) is 73.5 Å². The summed E-state index contributed by atoms with van der Waals surface area (Å²) < 4.78 is 11.8. The molecule has 0 saturated heterocycles. The van der Waals surface area contributed by atoms with Crippen LogP contribution in [0.4, 0.5) is 17.1 Å². The van der Waals surface area contributed by atoms with E-state index in [0.717, 1.165) is 111 Å². The Kier molecular flexibility index (Phi) is 7.90. The van der Waals surface area contributed by atoms with Crippen molar-refractivity contribution in [2.75, 3.05) is 4.90 Å². The fourth-order valence-corrected chi connectivity index (χ4v) is 12.7. The minimum atomic E-state index is -0.799. The zero-order valence-electron chi connectivity index (χ0n) is 37.0. The molecule has 4 aromatic heterocycles. The van der Waals surface area contributed by atoms with E-state index in [1.807, 2.05) is 60.9 Å². The molecule has 0 fully saturated rings. The van der Waals surface area contributed by atoms with Gasteiger partial charge in [-0.25, -0.2) is 0 Å². The number of fused-ring (bicyclic) bond motifs is 17. The van der Waals surface area contributed by atoms with Crippen molar-refractivity contribution >= 4 is 72.4 Å². The van der Waals surface area contributed by atoms with Crippen LogP contribution in [0.1, 0.15) is 33.4 Å². The van der Waals surface area contributed by atoms with Gasteiger partial charge < -0.3 is 18.8 Å². The Morgan fingerprint density at radius 2 is 0.914 bits per heavy atom. The molecule has 324 valence electrons. The van der Waals surface area contributed by atoms with E-state index < -0.39 is 5.41 Å². The predicted octanol–water partition coefficient (Wildman–Crippen LogP) is 14.8. The summed E-state index contributed by atoms with van der Waals surface area (Å²) in [6, 6.07) is 70.2. The number of aromatic nitrogens is 4. The lowest BCUT2D eigenvalue weighted by molar-refractivity contribution is 0.436. The van der Waals surface area contributed by atoms with Gasteiger partial charge in [-0.2, -0.15) is 10.5 Å². The lowest BCUT2D eigenvalue weighted by Gasteiger charge is -2.39. The van der Waals surface area contributed by atoms with E-state index in [2.05, 4.69) is 166 Å². The van der Waals surface area contributed by atoms with Crippen LogP contribution < -0.4 is 9.64 Å². The van der Waals surface area contributed by atoms with Crippen LogP contribution in [0, 0.1) is 22.7 Å². The minimum Gasteiger partial charge on any atom is -0.457 e. The van der Waals surface area contributed by atoms with Crippen LogP contribution in [0.5, 0.6) is 11.5 Å². The highest BCUT2D eigenvalue weighted by atomic mass is 32.2. The predicted molar refractivity (Wildman–Crippen MR) is 276 cm³/mol. The first-order valence-electron chi connectivity index (χ1n) is 23.1. The van der Waals surface area contributed by atoms with Crippen LogP contribution in [-0.2, 0) is 5.41 Å². The number of nitriles is 2. The van der Waals surface area contributed by atoms with Crippen LogP contribution in [0.2, 0.25) is 0 Å². The van der Waals surface area contributed by atoms with Gasteiger partial charge in [0.1, 0.15) is 11.5 Å². The van der Waals surface area contributed by atoms with Crippen LogP contribution in [-0.4, -0.2) is 19.1 Å². The largest absolute Gasteiger partial charge is 0.457 e. The molecule has 12 aromatic rings. The Labute approximate surface area is 405 Å². The minimum absolute atomic E-state index is 0.597. The van der Waals surface area contributed by atoms with Crippen molar-refractivity contribution in [2.45, 2.75) is 15.2 Å². The average molecular weight is 912 g/mol. The molecule has 70 heavy (non-hydrogen) atoms. The van der Waals surface area contributed by atoms with E-state index in [4.69, 9.17) is 14.7 Å². The van der Waals surface area contributed by atoms with Crippen LogP contribution in [0.25, 0.3) is 66.4 Å². The molecule has 1 spiro atoms. The van der Waals surface area contributed by atoms with Gasteiger partial charge in [-0.05, 0) is 120 Å². The fraction of sp³-hybridized carbons (Fsp3) is 0.0164. The van der Waals surface area contributed by atoms with E-state index in [0.29, 0.717) is 16.9 Å². The average Bonchev–Trinajstić information content (AvgIpc) is 4.03. The normalized spacial score (nSPS) is 13.5. The van der Waals surface area contributed by atoms with Gasteiger partial charge in [-0.3, -0.25) is 9.97 Å². The smallest absolute Gasteiger partial charge is 0.134 e. The van der Waals surface area contributed by atoms with Crippen molar-refractivity contribution in [3.05, 3.63) is 234 Å². The van der Waals surface area contributed by atoms with Crippen LogP contribution in [0.15, 0.2) is 210 Å². The maximum absolute atomic E-state index is 10.2. The highest BCUT2D eigenvalue weighted by Gasteiger charge is 2.52. The van der Waals surface area contributed by atoms with Gasteiger partial charge in [-0.1, -0.05) is 78.5 Å². The van der Waals surface area contributed by atoms with E-state index in [-0.39, 0.29) is 0 Å². The maximum Gasteiger partial charge on any atom is 0.134 e. The molecule has 0 amide bonds. The van der Waals surface area contributed by atoms with Crippen molar-refractivity contribution in [3.63, 3.8) is 0 Å². The first-order valence-corrected chi connectivity index (χ1v) is 23.9. The maximum atomic E-state index is 10.2. The summed E-state index contributed by atoms with van der Waals surface area (Å²) in [5, 5.41) is 24.2. The quantitative estimate of drug-likeness (QED) is 0.174. The molecular weight excluding hydrogens is 879 g/mol. The van der Waals surface area contributed by atoms with Crippen molar-refractivity contribution in [2.24, 2.45) is 0 Å². The number of para-hydroxylation sites is 3. The zero-order valence-corrected chi connectivity index (χ0v) is 37.8. The third kappa shape index (κ3) is 5.13. The molecule has 15 rings (SSSR count). The van der Waals surface area contributed by atoms with Crippen molar-refractivity contribution < 1.29 is 4.74 Å². The molecule has 8 nitrogen and oxygen atoms in total. The Bertz CT molecular complexity index is 4290. The summed E-state index contributed by atoms with van der Waals surface area (Å²) >= 11 is 1.79. The monoisotopic (exact) mass is 911 g/mol. The number of pyridine rings is 2. The molecule has 0 unspecified atom stereocenters. The van der Waals surface area contributed by atoms with E-state index in [9.17, 15) is 10.5 Å². The van der Waals surface area contributed by atoms with Crippen molar-refractivity contribution in [1.82, 2.24) is 19.1 Å². The molecule has 0 atom stereocenters. The summed E-state index contributed by atoms with van der Waals surface area (Å²) in [5.74, 6) is 1.44. The topological polar surface area (TPSA) is 95.7 Å². The van der Waals surface area contributed by atoms with E-state index >= 15 is 0 Å². The summed E-state index contributed by atoms with van der Waals surface area (Å²) in [5.41, 5.74) is 15.4. The highest BCUT2D eigenvalue weighted by Crippen LogP contribution is 2.62. The number of anilines is 3. The Balaban J connectivity index is 0.961. The second-order valence-corrected chi connectivity index (χ2v) is 19.0. The zero-order chi connectivity index (χ0) is 46.2. The van der Waals surface area contributed by atoms with Crippen LogP contribution in [0.3, 0.4) is 0 Å². The summed E-state index contributed by atoms with van der Waals surface area (Å²) in [6.45, 7) is 0. The summed E-state index contributed by atoms with van der Waals surface area (Å²) in [7, 11) is 0. The van der Waals surface area contributed by atoms with Crippen molar-refractivity contribution in [3.8, 4) is 46.4 Å². The molecule has 0 radical (unpaired) electrons. The molecule has 2 aliphatic heterocycles. The molecule has 0 N–H and O–H groups in total. The molecule has 9 heteroatoms. The number of benzene rings is 8. The second kappa shape index (κ2) is 14.3. The molecule has 8 aromatic carbocycles. The van der Waals surface area contributed by atoms with E-state index in [1.54, 1.807) is 11.8 Å². The molecule has 0 bridgehead atoms. The molecule has 6 heterocycles. The fourth-order valence-electron chi connectivity index (χ4n) is 11.7. The first kappa shape index (κ1) is 38.7. The van der Waals surface area contributed by atoms with Gasteiger partial charge >= 0.3 is 0 Å². The Morgan fingerprint density at radius 1 is 0.429 bits per heavy atom. The van der Waals surface area contributed by atoms with Gasteiger partial charge in [-0.15, -0.1) is 0 Å². The molecule has 3 aliphatic rings. The number of hydrogen-bond donors (Lipinski definition) is 0. The van der Waals surface area contributed by atoms with Gasteiger partial charge in [0, 0.05) is 84.1 Å². The van der Waals surface area contributed by atoms with Gasteiger partial charge in [0.2, 0.25) is 0 Å². The Morgan fingerprint density at radius 3 is 1.50 bits per heavy atom. The number of hydrogen-bond acceptors (Lipinski definition) is 7. The number of nitrogens with zero attached hydrogens (tertiary/aromatic N) is 7. The van der Waals surface area contributed by atoms with Gasteiger partial charge in [0.15, 0.2) is 0 Å². The third-order valence-corrected chi connectivity index (χ3v) is 15.6. The lowest BCUT2D eigenvalue weighted by atomic mass is 9.66. The summed E-state index contributed by atoms with van der Waals surface area (Å²) in [6.07, 6.45) is 3.69. The summed E-state index contributed by atoms with van der Waals surface area (Å²) in [4.78, 5) is 14.7. The highest BCUT2D eigenvalue weighted by molar-refractivity contribution is 7.99. The Hall–Kier alpha value is -9.41. The first-order chi connectivity index (χ1) is 34.6. The van der Waals surface area contributed by atoms with Crippen LogP contribution >= 0.6 is 11.8 Å². The lowest BCUT2D eigenvalue weighted by Crippen LogP contribution is -2.32. The van der Waals surface area contributed by atoms with Crippen molar-refractivity contribution in [1.29, 1.82) is 10.5 Å². The number of rotatable bonds is 3. The molecular formula is C61H33N7OS. The number of ether oxygens (including phenoxy) is 1. The van der Waals surface area contributed by atoms with E-state index in [1.165, 1.54) is 9.79 Å². The third-order valence-electron chi connectivity index (χ3n) is 14.5. The molecule has 1 aliphatic carbocycles. The second-order valence-electron chi connectivity index (χ2n) is 18.0. The molecule has 0 saturated carbocycles. The standard InChI is InChI=1S/C61H33N7OS/c62-34-36-17-24-50-42(29-36)41-9-1-2-12-49(41)66(50)39-19-22-45-55(32-39)69-56-33-40(20-23-46(56)61(45)47-10-7-27-64-59(47)60-48(61)11-8-28-65-60)67-51-25-18-37(35-63)30-43(51)44-31-38(21-26-52(44)67)68-53-13-3-5-15-57(53)70-58-16-6-4-14-54(58)68/h1-33H. The SMILES string of the molecule is N#Cc1ccc2c(c1)c1ccccc1n2-c1ccc2c(c1)Oc1cc(-n3c4ccc(C#N)cc4c4cc(N5c6ccccc6Sc6ccccc65)ccc43)ccc1C21c2cccnc2-c2ncccc21. The van der Waals surface area contributed by atoms with Gasteiger partial charge in [0.25, 0.3) is 0 Å².